The fraction of sp³-hybridized carbons (Fsp3) is 0.750. The fourth-order valence-corrected chi connectivity index (χ4v) is 7.36. The summed E-state index contributed by atoms with van der Waals surface area (Å²) in [5.41, 5.74) is -1.20. The predicted molar refractivity (Wildman–Crippen MR) is 86.5 cm³/mol. The van der Waals surface area contributed by atoms with Crippen LogP contribution >= 0.6 is 0 Å². The molecule has 2 saturated carbocycles. The lowest BCUT2D eigenvalue weighted by molar-refractivity contribution is -0.141. The second-order valence-corrected chi connectivity index (χ2v) is 9.49. The molecular formula is C20H20O7. The Labute approximate surface area is 155 Å². The van der Waals surface area contributed by atoms with Crippen molar-refractivity contribution in [3.63, 3.8) is 0 Å². The molecule has 0 radical (unpaired) electrons. The van der Waals surface area contributed by atoms with Gasteiger partial charge in [0.25, 0.3) is 0 Å². The first-order valence-corrected chi connectivity index (χ1v) is 9.81. The van der Waals surface area contributed by atoms with E-state index in [1.54, 1.807) is 6.92 Å². The van der Waals surface area contributed by atoms with Gasteiger partial charge in [0.15, 0.2) is 11.2 Å². The van der Waals surface area contributed by atoms with Gasteiger partial charge < -0.3 is 23.7 Å². The molecule has 7 rings (SSSR count). The van der Waals surface area contributed by atoms with Crippen molar-refractivity contribution >= 4 is 18.0 Å². The number of carbonyl (C=O) groups is 3. The Hall–Kier alpha value is -1.57. The zero-order chi connectivity index (χ0) is 18.6. The van der Waals surface area contributed by atoms with Crippen molar-refractivity contribution in [1.29, 1.82) is 0 Å². The minimum atomic E-state index is -1.07. The molecule has 0 aromatic carbocycles. The highest BCUT2D eigenvalue weighted by molar-refractivity contribution is 6.06. The Bertz CT molecular complexity index is 908. The number of fused-ring (bicyclic) bond motifs is 4. The van der Waals surface area contributed by atoms with Crippen LogP contribution < -0.4 is 0 Å². The van der Waals surface area contributed by atoms with Crippen molar-refractivity contribution < 1.29 is 33.3 Å². The molecule has 142 valence electrons. The monoisotopic (exact) mass is 372 g/mol. The van der Waals surface area contributed by atoms with E-state index in [0.717, 1.165) is 23.9 Å². The summed E-state index contributed by atoms with van der Waals surface area (Å²) in [7, 11) is 0. The Morgan fingerprint density at radius 2 is 2.00 bits per heavy atom. The topological polar surface area (TPSA) is 98.0 Å². The first-order chi connectivity index (χ1) is 12.9. The van der Waals surface area contributed by atoms with Crippen molar-refractivity contribution in [2.75, 3.05) is 6.61 Å². The summed E-state index contributed by atoms with van der Waals surface area (Å²) >= 11 is 0. The summed E-state index contributed by atoms with van der Waals surface area (Å²) in [6, 6.07) is 0. The molecule has 3 aliphatic carbocycles. The van der Waals surface area contributed by atoms with E-state index in [2.05, 4.69) is 6.92 Å². The van der Waals surface area contributed by atoms with Gasteiger partial charge in [-0.1, -0.05) is 13.8 Å². The van der Waals surface area contributed by atoms with E-state index < -0.39 is 22.7 Å². The minimum Gasteiger partial charge on any atom is -0.458 e. The van der Waals surface area contributed by atoms with Gasteiger partial charge in [-0.2, -0.15) is 0 Å². The van der Waals surface area contributed by atoms with Crippen LogP contribution in [0.15, 0.2) is 11.1 Å². The highest BCUT2D eigenvalue weighted by Gasteiger charge is 3.01. The number of hydrogen-bond donors (Lipinski definition) is 0. The number of carbonyl (C=O) groups excluding carboxylic acids is 3. The van der Waals surface area contributed by atoms with Crippen LogP contribution in [0, 0.1) is 17.3 Å². The normalized spacial score (nSPS) is 59.3. The van der Waals surface area contributed by atoms with Gasteiger partial charge in [-0.15, -0.1) is 0 Å². The SMILES string of the molecule is CC(C=O)[C@]12O[C@H]1[C@@H]1O[C@@]13[C@@]1(C)CCC4=C(COC4=O)[C@@H]1C[C@@H]1O[C@@]13C2=O. The summed E-state index contributed by atoms with van der Waals surface area (Å²) in [4.78, 5) is 37.2. The maximum Gasteiger partial charge on any atom is 0.334 e. The van der Waals surface area contributed by atoms with E-state index in [1.165, 1.54) is 0 Å². The van der Waals surface area contributed by atoms with Crippen molar-refractivity contribution in [1.82, 2.24) is 0 Å². The van der Waals surface area contributed by atoms with E-state index in [4.69, 9.17) is 18.9 Å². The van der Waals surface area contributed by atoms with Gasteiger partial charge in [-0.25, -0.2) is 4.79 Å². The second kappa shape index (κ2) is 3.93. The molecule has 9 atom stereocenters. The van der Waals surface area contributed by atoms with Gasteiger partial charge in [0.05, 0.1) is 12.0 Å². The smallest absolute Gasteiger partial charge is 0.334 e. The van der Waals surface area contributed by atoms with Gasteiger partial charge in [0.2, 0.25) is 5.78 Å². The highest BCUT2D eigenvalue weighted by atomic mass is 16.7. The molecule has 0 N–H and O–H groups in total. The van der Waals surface area contributed by atoms with Crippen LogP contribution in [0.2, 0.25) is 0 Å². The fourth-order valence-electron chi connectivity index (χ4n) is 7.36. The number of aldehydes is 1. The summed E-state index contributed by atoms with van der Waals surface area (Å²) in [6.07, 6.45) is 2.06. The molecule has 1 unspecified atom stereocenters. The molecule has 0 bridgehead atoms. The molecule has 27 heavy (non-hydrogen) atoms. The van der Waals surface area contributed by atoms with Crippen LogP contribution in [0.5, 0.6) is 0 Å². The van der Waals surface area contributed by atoms with Crippen LogP contribution in [-0.4, -0.2) is 59.8 Å². The van der Waals surface area contributed by atoms with Crippen molar-refractivity contribution in [2.45, 2.75) is 68.2 Å². The number of Topliss-reactive ketones (excluding diaryl/α,β-unsaturated/α-hetero) is 1. The lowest BCUT2D eigenvalue weighted by Crippen LogP contribution is -2.67. The van der Waals surface area contributed by atoms with Crippen molar-refractivity contribution in [2.24, 2.45) is 17.3 Å². The molecule has 7 heteroatoms. The Morgan fingerprint density at radius 1 is 1.19 bits per heavy atom. The third-order valence-electron chi connectivity index (χ3n) is 8.84. The van der Waals surface area contributed by atoms with Gasteiger partial charge in [0, 0.05) is 11.0 Å². The molecule has 7 aliphatic rings. The molecular weight excluding hydrogens is 352 g/mol. The number of esters is 1. The Kier molecular flexibility index (Phi) is 2.24. The van der Waals surface area contributed by atoms with E-state index in [1.807, 2.05) is 0 Å². The molecule has 5 fully saturated rings. The quantitative estimate of drug-likeness (QED) is 0.395. The number of hydrogen-bond acceptors (Lipinski definition) is 7. The third-order valence-corrected chi connectivity index (χ3v) is 8.84. The van der Waals surface area contributed by atoms with Crippen LogP contribution in [0.1, 0.15) is 33.1 Å². The number of rotatable bonds is 2. The minimum absolute atomic E-state index is 0.100. The molecule has 0 aromatic rings. The van der Waals surface area contributed by atoms with E-state index in [9.17, 15) is 14.4 Å². The number of ketones is 1. The van der Waals surface area contributed by atoms with E-state index in [0.29, 0.717) is 19.4 Å². The predicted octanol–water partition coefficient (Wildman–Crippen LogP) is 0.490. The summed E-state index contributed by atoms with van der Waals surface area (Å²) in [5, 5.41) is 0. The van der Waals surface area contributed by atoms with E-state index >= 15 is 0 Å². The summed E-state index contributed by atoms with van der Waals surface area (Å²) in [5.74, 6) is -0.698. The Balaban J connectivity index is 1.38. The molecule has 0 aromatic heterocycles. The van der Waals surface area contributed by atoms with Gasteiger partial charge in [-0.3, -0.25) is 4.79 Å². The lowest BCUT2D eigenvalue weighted by atomic mass is 9.47. The summed E-state index contributed by atoms with van der Waals surface area (Å²) in [6.45, 7) is 4.26. The molecule has 7 nitrogen and oxygen atoms in total. The van der Waals surface area contributed by atoms with E-state index in [-0.39, 0.29) is 41.4 Å². The van der Waals surface area contributed by atoms with Crippen molar-refractivity contribution in [3.8, 4) is 0 Å². The first-order valence-electron chi connectivity index (χ1n) is 9.81. The first kappa shape index (κ1) is 15.4. The lowest BCUT2D eigenvalue weighted by Gasteiger charge is -2.51. The average Bonchev–Trinajstić information content (AvgIpc) is 3.54. The average molecular weight is 372 g/mol. The number of ether oxygens (including phenoxy) is 4. The molecule has 3 saturated heterocycles. The molecule has 4 heterocycles. The second-order valence-electron chi connectivity index (χ2n) is 9.49. The van der Waals surface area contributed by atoms with Crippen molar-refractivity contribution in [3.05, 3.63) is 11.1 Å². The largest absolute Gasteiger partial charge is 0.458 e. The third kappa shape index (κ3) is 1.22. The zero-order valence-electron chi connectivity index (χ0n) is 15.2. The number of epoxide rings is 3. The number of cyclic esters (lactones) is 1. The molecule has 4 aliphatic heterocycles. The maximum atomic E-state index is 13.6. The Morgan fingerprint density at radius 3 is 2.78 bits per heavy atom. The van der Waals surface area contributed by atoms with Gasteiger partial charge in [-0.05, 0) is 30.8 Å². The maximum absolute atomic E-state index is 13.6. The highest BCUT2D eigenvalue weighted by Crippen LogP contribution is 2.81. The standard InChI is InChI=1S/C20H20O7/c1-8(6-21)18-13(26-18)14-20(27-14)17(2)4-3-9-10(7-24-15(9)22)11(17)5-12-19(20,25-12)16(18)23/h6,8,11-14H,3-5,7H2,1-2H3/t8?,11-,12-,13-,14-,17-,18-,19+,20+/m0/s1. The van der Waals surface area contributed by atoms with Crippen LogP contribution in [0.3, 0.4) is 0 Å². The van der Waals surface area contributed by atoms with Crippen LogP contribution in [0.25, 0.3) is 0 Å². The zero-order valence-corrected chi connectivity index (χ0v) is 15.2. The van der Waals surface area contributed by atoms with Gasteiger partial charge in [0.1, 0.15) is 30.7 Å². The van der Waals surface area contributed by atoms with Crippen LogP contribution in [-0.2, 0) is 33.3 Å². The van der Waals surface area contributed by atoms with Crippen LogP contribution in [0.4, 0.5) is 0 Å². The molecule has 2 spiro atoms. The summed E-state index contributed by atoms with van der Waals surface area (Å²) < 4.78 is 23.8. The molecule has 0 amide bonds. The van der Waals surface area contributed by atoms with Gasteiger partial charge >= 0.3 is 5.97 Å².